The van der Waals surface area contributed by atoms with Crippen molar-refractivity contribution in [2.45, 2.75) is 57.5 Å². The van der Waals surface area contributed by atoms with Crippen molar-refractivity contribution in [1.29, 1.82) is 0 Å². The third-order valence-electron chi connectivity index (χ3n) is 7.43. The van der Waals surface area contributed by atoms with E-state index < -0.39 is 6.36 Å². The number of anilines is 2. The summed E-state index contributed by atoms with van der Waals surface area (Å²) >= 11 is 1.57. The highest BCUT2D eigenvalue weighted by molar-refractivity contribution is 7.10. The van der Waals surface area contributed by atoms with E-state index in [0.29, 0.717) is 23.8 Å². The van der Waals surface area contributed by atoms with Gasteiger partial charge in [-0.3, -0.25) is 0 Å². The highest BCUT2D eigenvalue weighted by Crippen LogP contribution is 2.41. The lowest BCUT2D eigenvalue weighted by Gasteiger charge is -2.38. The number of halogens is 3. The third kappa shape index (κ3) is 4.57. The van der Waals surface area contributed by atoms with Crippen LogP contribution in [-0.4, -0.2) is 44.6 Å². The van der Waals surface area contributed by atoms with E-state index in [-0.39, 0.29) is 11.7 Å². The summed E-state index contributed by atoms with van der Waals surface area (Å²) < 4.78 is 48.6. The van der Waals surface area contributed by atoms with Crippen molar-refractivity contribution in [2.24, 2.45) is 11.8 Å². The minimum atomic E-state index is -4.71. The molecule has 0 radical (unpaired) electrons. The summed E-state index contributed by atoms with van der Waals surface area (Å²) in [6.45, 7) is 4.78. The standard InChI is InChI=1S/C24H27F3N6OS/c1-14-10-20(35-31-14)32-12-16-7-8-17(13-32)21(16)28-23-29-22-19(6-3-9-33(22)30-23)15-4-2-5-18(11-15)34-24(25,26)27/h2,4-5,10-11,16-17,19,21H,3,6-9,12-13H2,1H3,(H,28,30)/t16-,17+,19?,21-. The molecule has 1 saturated heterocycles. The molecule has 2 bridgehead atoms. The number of hydrogen-bond acceptors (Lipinski definition) is 7. The second-order valence-electron chi connectivity index (χ2n) is 9.81. The van der Waals surface area contributed by atoms with Crippen LogP contribution in [0.25, 0.3) is 0 Å². The lowest BCUT2D eigenvalue weighted by Crippen LogP contribution is -2.48. The molecule has 186 valence electrons. The van der Waals surface area contributed by atoms with Crippen molar-refractivity contribution in [2.75, 3.05) is 23.3 Å². The van der Waals surface area contributed by atoms with Crippen LogP contribution in [0.1, 0.15) is 48.7 Å². The number of piperidine rings is 1. The number of fused-ring (bicyclic) bond motifs is 3. The van der Waals surface area contributed by atoms with Gasteiger partial charge in [-0.25, -0.2) is 4.68 Å². The molecule has 0 spiro atoms. The quantitative estimate of drug-likeness (QED) is 0.516. The Labute approximate surface area is 205 Å². The molecule has 1 N–H and O–H groups in total. The Morgan fingerprint density at radius 3 is 2.63 bits per heavy atom. The van der Waals surface area contributed by atoms with E-state index in [2.05, 4.69) is 25.4 Å². The van der Waals surface area contributed by atoms with Crippen molar-refractivity contribution in [3.8, 4) is 5.75 Å². The second kappa shape index (κ2) is 8.69. The number of alkyl halides is 3. The fourth-order valence-corrected chi connectivity index (χ4v) is 6.72. The fourth-order valence-electron chi connectivity index (χ4n) is 5.94. The van der Waals surface area contributed by atoms with Crippen molar-refractivity contribution in [3.05, 3.63) is 47.4 Å². The first-order valence-corrected chi connectivity index (χ1v) is 12.8. The molecule has 2 fully saturated rings. The van der Waals surface area contributed by atoms with Crippen LogP contribution in [0, 0.1) is 18.8 Å². The van der Waals surface area contributed by atoms with E-state index in [1.165, 1.54) is 30.0 Å². The molecule has 2 aliphatic heterocycles. The van der Waals surface area contributed by atoms with Gasteiger partial charge in [-0.05, 0) is 79.7 Å². The van der Waals surface area contributed by atoms with Gasteiger partial charge in [0.2, 0.25) is 5.95 Å². The van der Waals surface area contributed by atoms with Gasteiger partial charge in [0.1, 0.15) is 16.6 Å². The first kappa shape index (κ1) is 22.6. The van der Waals surface area contributed by atoms with Crippen LogP contribution in [0.4, 0.5) is 24.1 Å². The number of ether oxygens (including phenoxy) is 1. The van der Waals surface area contributed by atoms with Crippen LogP contribution in [-0.2, 0) is 6.54 Å². The molecule has 1 aliphatic carbocycles. The molecule has 4 heterocycles. The monoisotopic (exact) mass is 504 g/mol. The van der Waals surface area contributed by atoms with Gasteiger partial charge in [-0.2, -0.15) is 9.36 Å². The summed E-state index contributed by atoms with van der Waals surface area (Å²) in [6, 6.07) is 8.72. The van der Waals surface area contributed by atoms with Crippen LogP contribution in [0.3, 0.4) is 0 Å². The molecule has 3 aromatic rings. The molecule has 1 unspecified atom stereocenters. The Bertz CT molecular complexity index is 1200. The molecule has 6 rings (SSSR count). The van der Waals surface area contributed by atoms with E-state index in [0.717, 1.165) is 49.6 Å². The molecule has 4 atom stereocenters. The predicted octanol–water partition coefficient (Wildman–Crippen LogP) is 5.19. The average Bonchev–Trinajstić information content (AvgIpc) is 3.48. The number of nitrogens with zero attached hydrogens (tertiary/aromatic N) is 5. The van der Waals surface area contributed by atoms with Gasteiger partial charge in [0, 0.05) is 31.6 Å². The average molecular weight is 505 g/mol. The Morgan fingerprint density at radius 2 is 1.91 bits per heavy atom. The molecule has 2 aromatic heterocycles. The number of benzene rings is 1. The number of hydrogen-bond donors (Lipinski definition) is 1. The van der Waals surface area contributed by atoms with Gasteiger partial charge in [-0.15, -0.1) is 18.3 Å². The van der Waals surface area contributed by atoms with E-state index in [9.17, 15) is 13.2 Å². The first-order valence-electron chi connectivity index (χ1n) is 12.1. The minimum absolute atomic E-state index is 0.114. The smallest absolute Gasteiger partial charge is 0.406 e. The highest BCUT2D eigenvalue weighted by Gasteiger charge is 2.43. The fraction of sp³-hybridized carbons (Fsp3) is 0.542. The minimum Gasteiger partial charge on any atom is -0.406 e. The summed E-state index contributed by atoms with van der Waals surface area (Å²) in [5.41, 5.74) is 1.83. The lowest BCUT2D eigenvalue weighted by atomic mass is 9.91. The lowest BCUT2D eigenvalue weighted by molar-refractivity contribution is -0.274. The Balaban J connectivity index is 1.19. The number of rotatable bonds is 5. The molecule has 11 heteroatoms. The zero-order chi connectivity index (χ0) is 24.2. The second-order valence-corrected chi connectivity index (χ2v) is 10.6. The van der Waals surface area contributed by atoms with Crippen molar-refractivity contribution < 1.29 is 17.9 Å². The molecule has 1 aromatic carbocycles. The zero-order valence-corrected chi connectivity index (χ0v) is 20.1. The van der Waals surface area contributed by atoms with Gasteiger partial charge in [0.05, 0.1) is 5.69 Å². The first-order chi connectivity index (χ1) is 16.8. The molecule has 35 heavy (non-hydrogen) atoms. The highest BCUT2D eigenvalue weighted by atomic mass is 32.1. The van der Waals surface area contributed by atoms with Crippen LogP contribution < -0.4 is 15.0 Å². The largest absolute Gasteiger partial charge is 0.573 e. The third-order valence-corrected chi connectivity index (χ3v) is 8.37. The molecule has 0 amide bonds. The predicted molar refractivity (Wildman–Crippen MR) is 127 cm³/mol. The number of nitrogens with one attached hydrogen (secondary N) is 1. The number of aryl methyl sites for hydroxylation is 2. The molecule has 7 nitrogen and oxygen atoms in total. The van der Waals surface area contributed by atoms with E-state index >= 15 is 0 Å². The topological polar surface area (TPSA) is 68.1 Å². The van der Waals surface area contributed by atoms with Crippen molar-refractivity contribution in [1.82, 2.24) is 19.1 Å². The van der Waals surface area contributed by atoms with E-state index in [1.807, 2.05) is 17.7 Å². The van der Waals surface area contributed by atoms with Crippen LogP contribution in [0.15, 0.2) is 30.3 Å². The summed E-state index contributed by atoms with van der Waals surface area (Å²) in [5.74, 6) is 2.14. The maximum Gasteiger partial charge on any atom is 0.573 e. The van der Waals surface area contributed by atoms with Gasteiger partial charge >= 0.3 is 6.36 Å². The maximum atomic E-state index is 12.7. The van der Waals surface area contributed by atoms with Gasteiger partial charge in [-0.1, -0.05) is 12.1 Å². The summed E-state index contributed by atoms with van der Waals surface area (Å²) in [5, 5.41) is 9.62. The van der Waals surface area contributed by atoms with Gasteiger partial charge < -0.3 is 15.0 Å². The Morgan fingerprint density at radius 1 is 1.11 bits per heavy atom. The maximum absolute atomic E-state index is 12.7. The molecule has 3 aliphatic rings. The van der Waals surface area contributed by atoms with Crippen molar-refractivity contribution >= 4 is 22.5 Å². The Kier molecular flexibility index (Phi) is 5.62. The Hall–Kier alpha value is -2.82. The van der Waals surface area contributed by atoms with Gasteiger partial charge in [0.15, 0.2) is 0 Å². The van der Waals surface area contributed by atoms with Crippen molar-refractivity contribution in [3.63, 3.8) is 0 Å². The SMILES string of the molecule is Cc1cc(N2C[C@H]3CC[C@@H](C2)[C@@H]3Nc2nc3n(n2)CCCC3c2cccc(OC(F)(F)F)c2)sn1. The normalized spacial score (nSPS) is 26.0. The van der Waals surface area contributed by atoms with Crippen LogP contribution in [0.2, 0.25) is 0 Å². The van der Waals surface area contributed by atoms with Gasteiger partial charge in [0.25, 0.3) is 0 Å². The molecular weight excluding hydrogens is 477 g/mol. The van der Waals surface area contributed by atoms with Crippen LogP contribution >= 0.6 is 11.5 Å². The molecule has 1 saturated carbocycles. The van der Waals surface area contributed by atoms with E-state index in [1.54, 1.807) is 17.6 Å². The van der Waals surface area contributed by atoms with Crippen LogP contribution in [0.5, 0.6) is 5.75 Å². The summed E-state index contributed by atoms with van der Waals surface area (Å²) in [4.78, 5) is 7.30. The van der Waals surface area contributed by atoms with E-state index in [4.69, 9.17) is 10.1 Å². The number of aromatic nitrogens is 4. The summed E-state index contributed by atoms with van der Waals surface area (Å²) in [7, 11) is 0. The summed E-state index contributed by atoms with van der Waals surface area (Å²) in [6.07, 6.45) is -0.651. The zero-order valence-electron chi connectivity index (χ0n) is 19.3. The molecular formula is C24H27F3N6OS.